The minimum absolute atomic E-state index is 0.101. The van der Waals surface area contributed by atoms with Crippen molar-refractivity contribution in [3.8, 4) is 11.1 Å². The molecule has 0 spiro atoms. The Morgan fingerprint density at radius 3 is 2.24 bits per heavy atom. The second-order valence-corrected chi connectivity index (χ2v) is 11.0. The number of alkyl carbamates (subject to hydrolysis) is 1. The molecule has 1 heterocycles. The van der Waals surface area contributed by atoms with Crippen molar-refractivity contribution in [2.75, 3.05) is 6.61 Å². The number of carbonyl (C=O) groups excluding carboxylic acids is 1. The Labute approximate surface area is 215 Å². The molecule has 2 N–H and O–H groups in total. The number of amides is 1. The molecule has 1 aliphatic carbocycles. The number of rotatable bonds is 9. The van der Waals surface area contributed by atoms with E-state index >= 15 is 0 Å². The predicted molar refractivity (Wildman–Crippen MR) is 139 cm³/mol. The second-order valence-electron chi connectivity index (χ2n) is 9.24. The van der Waals surface area contributed by atoms with Crippen molar-refractivity contribution in [3.05, 3.63) is 95.0 Å². The summed E-state index contributed by atoms with van der Waals surface area (Å²) in [5.74, 6) is -1.36. The fourth-order valence-corrected chi connectivity index (χ4v) is 5.72. The molecule has 0 bridgehead atoms. The zero-order chi connectivity index (χ0) is 26.6. The summed E-state index contributed by atoms with van der Waals surface area (Å²) in [5, 5.41) is 12.4. The van der Waals surface area contributed by atoms with E-state index in [-0.39, 0.29) is 18.4 Å². The van der Waals surface area contributed by atoms with E-state index in [0.717, 1.165) is 27.7 Å². The molecule has 0 unspecified atom stereocenters. The first-order valence-electron chi connectivity index (χ1n) is 11.9. The second kappa shape index (κ2) is 11.0. The van der Waals surface area contributed by atoms with Crippen LogP contribution in [0.5, 0.6) is 0 Å². The zero-order valence-electron chi connectivity index (χ0n) is 20.5. The molecule has 9 heteroatoms. The Morgan fingerprint density at radius 1 is 1.03 bits per heavy atom. The van der Waals surface area contributed by atoms with Crippen molar-refractivity contribution in [3.63, 3.8) is 0 Å². The number of nitrogens with zero attached hydrogens (tertiary/aromatic N) is 1. The lowest BCUT2D eigenvalue weighted by molar-refractivity contribution is 0.0691. The van der Waals surface area contributed by atoms with Gasteiger partial charge in [-0.3, -0.25) is 0 Å². The number of benzene rings is 2. The average molecular weight is 521 g/mol. The van der Waals surface area contributed by atoms with Crippen LogP contribution in [0.2, 0.25) is 0 Å². The van der Waals surface area contributed by atoms with Gasteiger partial charge in [-0.1, -0.05) is 68.5 Å². The molecule has 3 aromatic rings. The van der Waals surface area contributed by atoms with Gasteiger partial charge in [-0.2, -0.15) is 0 Å². The van der Waals surface area contributed by atoms with Crippen LogP contribution in [0.25, 0.3) is 11.1 Å². The van der Waals surface area contributed by atoms with Gasteiger partial charge < -0.3 is 15.2 Å². The van der Waals surface area contributed by atoms with Crippen LogP contribution in [0, 0.1) is 5.92 Å². The van der Waals surface area contributed by atoms with E-state index in [2.05, 4.69) is 22.4 Å². The zero-order valence-corrected chi connectivity index (χ0v) is 21.3. The molecule has 0 radical (unpaired) electrons. The van der Waals surface area contributed by atoms with Gasteiger partial charge in [-0.15, -0.1) is 0 Å². The highest BCUT2D eigenvalue weighted by Crippen LogP contribution is 2.44. The number of ether oxygens (including phenoxy) is 1. The summed E-state index contributed by atoms with van der Waals surface area (Å²) in [5.41, 5.74) is 4.00. The summed E-state index contributed by atoms with van der Waals surface area (Å²) in [4.78, 5) is 27.9. The minimum atomic E-state index is -4.16. The summed E-state index contributed by atoms with van der Waals surface area (Å²) < 4.78 is 31.2. The van der Waals surface area contributed by atoms with Crippen LogP contribution in [0.1, 0.15) is 47.7 Å². The molecule has 8 nitrogen and oxygen atoms in total. The van der Waals surface area contributed by atoms with Crippen LogP contribution < -0.4 is 5.32 Å². The Hall–Kier alpha value is -3.98. The van der Waals surface area contributed by atoms with Crippen molar-refractivity contribution >= 4 is 21.9 Å². The lowest BCUT2D eigenvalue weighted by Gasteiger charge is -2.19. The Kier molecular flexibility index (Phi) is 7.73. The molecule has 0 saturated heterocycles. The van der Waals surface area contributed by atoms with Crippen molar-refractivity contribution in [1.82, 2.24) is 10.3 Å². The third-order valence-corrected chi connectivity index (χ3v) is 7.51. The number of nitrogens with one attached hydrogen (secondary N) is 1. The van der Waals surface area contributed by atoms with Gasteiger partial charge >= 0.3 is 12.1 Å². The SMILES string of the molecule is CC(C)C[C@@H](/C=C/S(=O)(=O)c1ncccc1C(=O)O)NC(=O)OCC1c2ccccc2-c2ccccc21. The van der Waals surface area contributed by atoms with Crippen LogP contribution in [0.3, 0.4) is 0 Å². The topological polar surface area (TPSA) is 123 Å². The number of pyridine rings is 1. The van der Waals surface area contributed by atoms with Crippen LogP contribution in [-0.2, 0) is 14.6 Å². The molecular formula is C28H28N2O6S. The first kappa shape index (κ1) is 26.1. The number of hydrogen-bond donors (Lipinski definition) is 2. The number of hydrogen-bond acceptors (Lipinski definition) is 6. The highest BCUT2D eigenvalue weighted by atomic mass is 32.2. The highest BCUT2D eigenvalue weighted by molar-refractivity contribution is 7.94. The van der Waals surface area contributed by atoms with E-state index < -0.39 is 38.5 Å². The van der Waals surface area contributed by atoms with E-state index in [0.29, 0.717) is 6.42 Å². The molecule has 0 fully saturated rings. The average Bonchev–Trinajstić information content (AvgIpc) is 3.19. The predicted octanol–water partition coefficient (Wildman–Crippen LogP) is 5.02. The van der Waals surface area contributed by atoms with Crippen LogP contribution in [0.15, 0.2) is 83.4 Å². The third kappa shape index (κ3) is 5.89. The van der Waals surface area contributed by atoms with E-state index in [9.17, 15) is 23.1 Å². The van der Waals surface area contributed by atoms with Crippen molar-refractivity contribution in [2.45, 2.75) is 37.3 Å². The van der Waals surface area contributed by atoms with Gasteiger partial charge in [0.2, 0.25) is 9.84 Å². The Morgan fingerprint density at radius 2 is 1.65 bits per heavy atom. The van der Waals surface area contributed by atoms with Gasteiger partial charge in [0.1, 0.15) is 6.61 Å². The molecule has 4 rings (SSSR count). The van der Waals surface area contributed by atoms with Gasteiger partial charge in [0, 0.05) is 17.5 Å². The number of sulfone groups is 1. The fraction of sp³-hybridized carbons (Fsp3) is 0.250. The van der Waals surface area contributed by atoms with Crippen LogP contribution in [0.4, 0.5) is 4.79 Å². The minimum Gasteiger partial charge on any atom is -0.478 e. The van der Waals surface area contributed by atoms with Crippen LogP contribution >= 0.6 is 0 Å². The molecule has 1 atom stereocenters. The smallest absolute Gasteiger partial charge is 0.407 e. The number of aromatic carboxylic acids is 1. The van der Waals surface area contributed by atoms with Crippen molar-refractivity contribution in [1.29, 1.82) is 0 Å². The van der Waals surface area contributed by atoms with Crippen molar-refractivity contribution in [2.24, 2.45) is 5.92 Å². The lowest BCUT2D eigenvalue weighted by Crippen LogP contribution is -2.35. The number of aromatic nitrogens is 1. The summed E-state index contributed by atoms with van der Waals surface area (Å²) in [6.07, 6.45) is 2.33. The summed E-state index contributed by atoms with van der Waals surface area (Å²) >= 11 is 0. The summed E-state index contributed by atoms with van der Waals surface area (Å²) in [6, 6.07) is 17.9. The molecule has 0 saturated carbocycles. The van der Waals surface area contributed by atoms with Gasteiger partial charge in [0.15, 0.2) is 5.03 Å². The van der Waals surface area contributed by atoms with E-state index in [1.807, 2.05) is 50.2 Å². The van der Waals surface area contributed by atoms with Gasteiger partial charge in [-0.05, 0) is 46.7 Å². The Balaban J connectivity index is 1.47. The third-order valence-electron chi connectivity index (χ3n) is 6.13. The number of carbonyl (C=O) groups is 2. The number of carboxylic acid groups (broad SMARTS) is 1. The quantitative estimate of drug-likeness (QED) is 0.406. The summed E-state index contributed by atoms with van der Waals surface area (Å²) in [7, 11) is -4.16. The Bertz CT molecular complexity index is 1400. The largest absolute Gasteiger partial charge is 0.478 e. The molecule has 1 aromatic heterocycles. The molecule has 2 aromatic carbocycles. The number of fused-ring (bicyclic) bond motifs is 3. The maximum absolute atomic E-state index is 12.8. The van der Waals surface area contributed by atoms with Crippen molar-refractivity contribution < 1.29 is 27.9 Å². The first-order chi connectivity index (χ1) is 17.7. The maximum Gasteiger partial charge on any atom is 0.407 e. The molecule has 0 aliphatic heterocycles. The lowest BCUT2D eigenvalue weighted by atomic mass is 9.98. The number of carboxylic acids is 1. The molecule has 1 aliphatic rings. The van der Waals surface area contributed by atoms with Gasteiger partial charge in [0.05, 0.1) is 11.6 Å². The fourth-order valence-electron chi connectivity index (χ4n) is 4.53. The molecule has 1 amide bonds. The van der Waals surface area contributed by atoms with Gasteiger partial charge in [-0.25, -0.2) is 23.0 Å². The molecule has 192 valence electrons. The monoisotopic (exact) mass is 520 g/mol. The molecular weight excluding hydrogens is 492 g/mol. The van der Waals surface area contributed by atoms with E-state index in [1.54, 1.807) is 0 Å². The first-order valence-corrected chi connectivity index (χ1v) is 13.4. The highest BCUT2D eigenvalue weighted by Gasteiger charge is 2.29. The summed E-state index contributed by atoms with van der Waals surface area (Å²) in [6.45, 7) is 4.01. The van der Waals surface area contributed by atoms with Gasteiger partial charge in [0.25, 0.3) is 0 Å². The molecule has 37 heavy (non-hydrogen) atoms. The van der Waals surface area contributed by atoms with E-state index in [4.69, 9.17) is 4.74 Å². The van der Waals surface area contributed by atoms with Crippen LogP contribution in [-0.4, -0.2) is 43.2 Å². The standard InChI is InChI=1S/C28H28N2O6S/c1-18(2)16-19(13-15-37(34,35)26-24(27(31)32)12-7-14-29-26)30-28(33)36-17-25-22-10-5-3-8-20(22)21-9-4-6-11-23(21)25/h3-15,18-19,25H,16-17H2,1-2H3,(H,30,33)(H,31,32)/b15-13+/t19-/m1/s1. The maximum atomic E-state index is 12.8. The normalized spacial score (nSPS) is 13.8. The van der Waals surface area contributed by atoms with E-state index in [1.165, 1.54) is 24.4 Å².